The summed E-state index contributed by atoms with van der Waals surface area (Å²) in [6.45, 7) is 7.72. The number of esters is 4. The molecule has 18 heteroatoms. The number of sulfone groups is 1. The van der Waals surface area contributed by atoms with E-state index in [-0.39, 0.29) is 45.9 Å². The summed E-state index contributed by atoms with van der Waals surface area (Å²) < 4.78 is 59.0. The van der Waals surface area contributed by atoms with Crippen molar-refractivity contribution in [1.29, 1.82) is 0 Å². The molecule has 1 aliphatic heterocycles. The fraction of sp³-hybridized carbons (Fsp3) is 0.450. The Balaban J connectivity index is 1.13. The SMILES string of the molecule is C=C1C(=O)[C@@]23C(=O)OC[C@@]4(C2CC[C@@H]1[C@H]3OC(=O)c1ccccc1C(=O)OCCOc1no[n+]([O-])c1S(=O)(=O)c1ccccc1)[C@@H](OC(C)=O)CCC(C)(C)[C@H]4C=O. The molecule has 4 aliphatic rings. The number of cyclic esters (lactones) is 1. The maximum absolute atomic E-state index is 14.4. The van der Waals surface area contributed by atoms with E-state index in [1.54, 1.807) is 6.07 Å². The summed E-state index contributed by atoms with van der Waals surface area (Å²) in [5.41, 5.74) is -4.58. The molecular formula is C40H40N2O15S. The Hall–Kier alpha value is -5.91. The van der Waals surface area contributed by atoms with E-state index in [1.807, 2.05) is 13.8 Å². The van der Waals surface area contributed by atoms with E-state index in [9.17, 15) is 42.4 Å². The maximum Gasteiger partial charge on any atom is 0.415 e. The maximum atomic E-state index is 14.4. The van der Waals surface area contributed by atoms with Gasteiger partial charge >= 0.3 is 34.8 Å². The molecule has 306 valence electrons. The number of hydrogen-bond donors (Lipinski definition) is 0. The van der Waals surface area contributed by atoms with E-state index in [1.165, 1.54) is 55.5 Å². The fourth-order valence-corrected chi connectivity index (χ4v) is 11.0. The van der Waals surface area contributed by atoms with Gasteiger partial charge in [0.1, 0.15) is 38.3 Å². The number of rotatable bonds is 11. The predicted molar refractivity (Wildman–Crippen MR) is 193 cm³/mol. The number of hydrogen-bond acceptors (Lipinski definition) is 16. The zero-order valence-electron chi connectivity index (χ0n) is 31.7. The normalized spacial score (nSPS) is 28.5. The third kappa shape index (κ3) is 6.15. The second-order valence-electron chi connectivity index (χ2n) is 15.6. The first-order chi connectivity index (χ1) is 27.5. The number of ether oxygens (including phenoxy) is 5. The summed E-state index contributed by atoms with van der Waals surface area (Å²) in [7, 11) is -4.41. The average Bonchev–Trinajstić information content (AvgIpc) is 3.63. The molecule has 7 atom stereocenters. The Morgan fingerprint density at radius 2 is 1.66 bits per heavy atom. The molecule has 3 aliphatic carbocycles. The highest BCUT2D eigenvalue weighted by atomic mass is 32.2. The minimum Gasteiger partial charge on any atom is -0.464 e. The topological polar surface area (TPSA) is 236 Å². The molecule has 2 heterocycles. The molecule has 2 aromatic carbocycles. The Labute approximate surface area is 332 Å². The van der Waals surface area contributed by atoms with Crippen LogP contribution in [0.3, 0.4) is 0 Å². The number of Topliss-reactive ketones (excluding diaryl/α,β-unsaturated/α-hetero) is 1. The van der Waals surface area contributed by atoms with E-state index in [2.05, 4.69) is 16.4 Å². The summed E-state index contributed by atoms with van der Waals surface area (Å²) in [5.74, 6) is -7.57. The predicted octanol–water partition coefficient (Wildman–Crippen LogP) is 3.16. The zero-order valence-corrected chi connectivity index (χ0v) is 32.6. The van der Waals surface area contributed by atoms with Gasteiger partial charge in [0.05, 0.1) is 26.6 Å². The fourth-order valence-electron chi connectivity index (χ4n) is 9.72. The third-order valence-corrected chi connectivity index (χ3v) is 13.9. The molecular weight excluding hydrogens is 781 g/mol. The molecule has 0 radical (unpaired) electrons. The van der Waals surface area contributed by atoms with Crippen LogP contribution in [0.2, 0.25) is 0 Å². The summed E-state index contributed by atoms with van der Waals surface area (Å²) in [4.78, 5) is 81.0. The summed E-state index contributed by atoms with van der Waals surface area (Å²) in [5, 5.41) is 14.7. The van der Waals surface area contributed by atoms with Crippen LogP contribution in [0, 0.1) is 39.2 Å². The molecule has 1 unspecified atom stereocenters. The number of carbonyl (C=O) groups is 6. The lowest BCUT2D eigenvalue weighted by atomic mass is 9.43. The van der Waals surface area contributed by atoms with Crippen molar-refractivity contribution in [3.8, 4) is 5.88 Å². The largest absolute Gasteiger partial charge is 0.464 e. The molecule has 2 bridgehead atoms. The molecule has 0 N–H and O–H groups in total. The van der Waals surface area contributed by atoms with Crippen molar-refractivity contribution in [3.05, 3.63) is 83.1 Å². The van der Waals surface area contributed by atoms with Gasteiger partial charge < -0.3 is 33.7 Å². The Morgan fingerprint density at radius 1 is 0.983 bits per heavy atom. The van der Waals surface area contributed by atoms with E-state index in [0.29, 0.717) is 12.8 Å². The number of fused-ring (bicyclic) bond motifs is 2. The number of carbonyl (C=O) groups excluding carboxylic acids is 6. The van der Waals surface area contributed by atoms with Crippen LogP contribution in [0.25, 0.3) is 0 Å². The summed E-state index contributed by atoms with van der Waals surface area (Å²) in [6, 6.07) is 12.5. The first kappa shape index (κ1) is 40.3. The van der Waals surface area contributed by atoms with Crippen LogP contribution < -0.4 is 9.64 Å². The molecule has 1 saturated heterocycles. The molecule has 7 rings (SSSR count). The summed E-state index contributed by atoms with van der Waals surface area (Å²) >= 11 is 0. The smallest absolute Gasteiger partial charge is 0.415 e. The lowest BCUT2D eigenvalue weighted by Crippen LogP contribution is -2.71. The van der Waals surface area contributed by atoms with Crippen LogP contribution >= 0.6 is 0 Å². The van der Waals surface area contributed by atoms with E-state index in [0.717, 1.165) is 6.29 Å². The van der Waals surface area contributed by atoms with Crippen molar-refractivity contribution in [2.24, 2.45) is 34.0 Å². The van der Waals surface area contributed by atoms with Gasteiger partial charge in [-0.15, -0.1) is 0 Å². The highest BCUT2D eigenvalue weighted by Crippen LogP contribution is 2.68. The van der Waals surface area contributed by atoms with Crippen LogP contribution in [-0.4, -0.2) is 81.5 Å². The highest BCUT2D eigenvalue weighted by molar-refractivity contribution is 7.91. The number of nitrogens with zero attached hydrogens (tertiary/aromatic N) is 2. The van der Waals surface area contributed by atoms with Gasteiger partial charge in [-0.3, -0.25) is 19.0 Å². The Kier molecular flexibility index (Phi) is 10.3. The van der Waals surface area contributed by atoms with Gasteiger partial charge in [0.15, 0.2) is 11.2 Å². The molecule has 58 heavy (non-hydrogen) atoms. The minimum atomic E-state index is -4.41. The Morgan fingerprint density at radius 3 is 2.33 bits per heavy atom. The van der Waals surface area contributed by atoms with Gasteiger partial charge in [0.25, 0.3) is 9.84 Å². The molecule has 0 amide bonds. The van der Waals surface area contributed by atoms with Gasteiger partial charge in [-0.05, 0) is 71.8 Å². The first-order valence-corrected chi connectivity index (χ1v) is 20.0. The number of benzene rings is 2. The van der Waals surface area contributed by atoms with Gasteiger partial charge in [-0.2, -0.15) is 0 Å². The highest BCUT2D eigenvalue weighted by Gasteiger charge is 2.79. The van der Waals surface area contributed by atoms with Gasteiger partial charge in [-0.1, -0.05) is 50.8 Å². The number of aldehydes is 1. The van der Waals surface area contributed by atoms with Crippen LogP contribution in [0.15, 0.2) is 81.3 Å². The van der Waals surface area contributed by atoms with Crippen LogP contribution in [-0.2, 0) is 48.0 Å². The van der Waals surface area contributed by atoms with Crippen molar-refractivity contribution < 1.29 is 70.4 Å². The first-order valence-electron chi connectivity index (χ1n) is 18.6. The van der Waals surface area contributed by atoms with Gasteiger partial charge in [0, 0.05) is 18.8 Å². The van der Waals surface area contributed by atoms with Gasteiger partial charge in [0.2, 0.25) is 0 Å². The summed E-state index contributed by atoms with van der Waals surface area (Å²) in [6.07, 6.45) is -0.249. The molecule has 17 nitrogen and oxygen atoms in total. The van der Waals surface area contributed by atoms with E-state index >= 15 is 0 Å². The second-order valence-corrected chi connectivity index (χ2v) is 17.5. The van der Waals surface area contributed by atoms with Crippen molar-refractivity contribution in [3.63, 3.8) is 0 Å². The standard InChI is InChI=1S/C40H40N2O15S/c1-22-25-14-15-28-39(29(20-43)38(3,4)17-16-30(39)55-23(2)44)21-54-37(48)40(28,31(22)45)32(25)56-36(47)27-13-9-8-12-26(27)35(46)53-19-18-52-33-34(42(49)57-41-33)58(50,51)24-10-6-5-7-11-24/h5-13,20,25,28-30,32H,1,14-19,21H2,2-4H3/t25-,28?,29+,30-,32+,39-,40-/m0/s1. The number of ketones is 1. The second kappa shape index (κ2) is 14.8. The van der Waals surface area contributed by atoms with Crippen molar-refractivity contribution in [1.82, 2.24) is 5.16 Å². The monoisotopic (exact) mass is 820 g/mol. The van der Waals surface area contributed by atoms with Crippen LogP contribution in [0.4, 0.5) is 0 Å². The Bertz CT molecular complexity index is 2320. The van der Waals surface area contributed by atoms with Crippen molar-refractivity contribution >= 4 is 45.8 Å². The van der Waals surface area contributed by atoms with Crippen LogP contribution in [0.1, 0.15) is 67.2 Å². The average molecular weight is 821 g/mol. The molecule has 3 saturated carbocycles. The number of aromatic nitrogens is 2. The van der Waals surface area contributed by atoms with Crippen LogP contribution in [0.5, 0.6) is 5.88 Å². The molecule has 1 aromatic heterocycles. The quantitative estimate of drug-likeness (QED) is 0.0514. The lowest BCUT2D eigenvalue weighted by Gasteiger charge is -2.62. The van der Waals surface area contributed by atoms with E-state index < -0.39 is 110 Å². The van der Waals surface area contributed by atoms with Crippen molar-refractivity contribution in [2.45, 2.75) is 68.6 Å². The van der Waals surface area contributed by atoms with Crippen molar-refractivity contribution in [2.75, 3.05) is 19.8 Å². The molecule has 4 fully saturated rings. The molecule has 2 spiro atoms. The molecule has 3 aromatic rings. The van der Waals surface area contributed by atoms with Gasteiger partial charge in [-0.25, -0.2) is 18.0 Å². The third-order valence-electron chi connectivity index (χ3n) is 12.2. The zero-order chi connectivity index (χ0) is 41.8. The lowest BCUT2D eigenvalue weighted by molar-refractivity contribution is -0.832. The minimum absolute atomic E-state index is 0.0538. The van der Waals surface area contributed by atoms with E-state index in [4.69, 9.17) is 23.7 Å².